The third-order valence-corrected chi connectivity index (χ3v) is 4.99. The van der Waals surface area contributed by atoms with Gasteiger partial charge in [0.25, 0.3) is 0 Å². The number of hydrogen-bond acceptors (Lipinski definition) is 2. The van der Waals surface area contributed by atoms with Gasteiger partial charge in [-0.3, -0.25) is 4.79 Å². The van der Waals surface area contributed by atoms with Crippen molar-refractivity contribution >= 4 is 21.7 Å². The molecule has 0 aliphatic heterocycles. The molecule has 0 atom stereocenters. The van der Waals surface area contributed by atoms with Crippen LogP contribution in [-0.2, 0) is 0 Å². The molecular formula is C16H21BrO2. The Morgan fingerprint density at radius 1 is 1.26 bits per heavy atom. The molecule has 0 bridgehead atoms. The van der Waals surface area contributed by atoms with Gasteiger partial charge in [-0.05, 0) is 43.4 Å². The van der Waals surface area contributed by atoms with Gasteiger partial charge in [0.05, 0.1) is 12.7 Å². The van der Waals surface area contributed by atoms with Gasteiger partial charge in [-0.15, -0.1) is 0 Å². The van der Waals surface area contributed by atoms with E-state index in [4.69, 9.17) is 4.74 Å². The smallest absolute Gasteiger partial charge is 0.169 e. The summed E-state index contributed by atoms with van der Waals surface area (Å²) in [5.41, 5.74) is 1.81. The van der Waals surface area contributed by atoms with Crippen LogP contribution in [0.15, 0.2) is 16.6 Å². The highest BCUT2D eigenvalue weighted by molar-refractivity contribution is 9.10. The molecular weight excluding hydrogens is 304 g/mol. The Morgan fingerprint density at radius 2 is 1.89 bits per heavy atom. The van der Waals surface area contributed by atoms with E-state index >= 15 is 0 Å². The number of aryl methyl sites for hydroxylation is 1. The lowest BCUT2D eigenvalue weighted by Gasteiger charge is -2.25. The second-order valence-electron chi connectivity index (χ2n) is 5.62. The monoisotopic (exact) mass is 324 g/mol. The number of carbonyl (C=O) groups excluding carboxylic acids is 1. The minimum atomic E-state index is 0.166. The Hall–Kier alpha value is -0.830. The Morgan fingerprint density at radius 3 is 2.47 bits per heavy atom. The van der Waals surface area contributed by atoms with Crippen molar-refractivity contribution in [2.24, 2.45) is 11.8 Å². The minimum absolute atomic E-state index is 0.166. The first-order valence-corrected chi connectivity index (χ1v) is 7.70. The first kappa shape index (κ1) is 14.6. The first-order valence-electron chi connectivity index (χ1n) is 6.91. The predicted molar refractivity (Wildman–Crippen MR) is 80.9 cm³/mol. The molecule has 1 aromatic rings. The molecule has 1 aliphatic carbocycles. The number of ether oxygens (including phenoxy) is 1. The van der Waals surface area contributed by atoms with Crippen molar-refractivity contribution < 1.29 is 9.53 Å². The number of halogens is 1. The maximum atomic E-state index is 12.6. The van der Waals surface area contributed by atoms with E-state index in [-0.39, 0.29) is 11.7 Å². The van der Waals surface area contributed by atoms with Crippen molar-refractivity contribution in [3.63, 3.8) is 0 Å². The Labute approximate surface area is 123 Å². The van der Waals surface area contributed by atoms with Gasteiger partial charge in [-0.2, -0.15) is 0 Å². The number of hydrogen-bond donors (Lipinski definition) is 0. The highest BCUT2D eigenvalue weighted by Gasteiger charge is 2.27. The average molecular weight is 325 g/mol. The molecule has 1 aliphatic rings. The second kappa shape index (κ2) is 6.08. The molecule has 1 aromatic carbocycles. The number of benzene rings is 1. The molecule has 1 fully saturated rings. The normalized spacial score (nSPS) is 23.2. The highest BCUT2D eigenvalue weighted by atomic mass is 79.9. The van der Waals surface area contributed by atoms with E-state index in [2.05, 4.69) is 22.9 Å². The maximum absolute atomic E-state index is 12.6. The number of ketones is 1. The molecule has 3 heteroatoms. The molecule has 2 nitrogen and oxygen atoms in total. The zero-order valence-corrected chi connectivity index (χ0v) is 13.4. The fourth-order valence-electron chi connectivity index (χ4n) is 2.76. The van der Waals surface area contributed by atoms with Crippen LogP contribution in [0.1, 0.15) is 48.5 Å². The van der Waals surface area contributed by atoms with E-state index < -0.39 is 0 Å². The Balaban J connectivity index is 2.25. The third-order valence-electron chi connectivity index (χ3n) is 4.13. The SMILES string of the molecule is COc1cc(C)c(Br)cc1C(=O)C1CCC(C)CC1. The molecule has 0 radical (unpaired) electrons. The predicted octanol–water partition coefficient (Wildman–Crippen LogP) is 4.78. The van der Waals surface area contributed by atoms with Crippen molar-refractivity contribution in [1.29, 1.82) is 0 Å². The van der Waals surface area contributed by atoms with Crippen LogP contribution in [0.25, 0.3) is 0 Å². The summed E-state index contributed by atoms with van der Waals surface area (Å²) in [5, 5.41) is 0. The van der Waals surface area contributed by atoms with Gasteiger partial charge in [-0.1, -0.05) is 35.7 Å². The molecule has 0 amide bonds. The van der Waals surface area contributed by atoms with Crippen molar-refractivity contribution in [3.05, 3.63) is 27.7 Å². The van der Waals surface area contributed by atoms with Gasteiger partial charge in [0.15, 0.2) is 5.78 Å². The zero-order valence-electron chi connectivity index (χ0n) is 11.8. The summed E-state index contributed by atoms with van der Waals surface area (Å²) < 4.78 is 6.35. The Bertz CT molecular complexity index is 474. The summed E-state index contributed by atoms with van der Waals surface area (Å²) in [6.45, 7) is 4.27. The van der Waals surface area contributed by atoms with Crippen LogP contribution in [-0.4, -0.2) is 12.9 Å². The van der Waals surface area contributed by atoms with Crippen molar-refractivity contribution in [2.45, 2.75) is 39.5 Å². The summed E-state index contributed by atoms with van der Waals surface area (Å²) in [6.07, 6.45) is 4.33. The van der Waals surface area contributed by atoms with Gasteiger partial charge in [0, 0.05) is 10.4 Å². The summed E-state index contributed by atoms with van der Waals surface area (Å²) in [6, 6.07) is 3.84. The van der Waals surface area contributed by atoms with E-state index in [9.17, 15) is 4.79 Å². The first-order chi connectivity index (χ1) is 9.02. The lowest BCUT2D eigenvalue weighted by atomic mass is 9.79. The van der Waals surface area contributed by atoms with Crippen molar-refractivity contribution in [2.75, 3.05) is 7.11 Å². The molecule has 0 aromatic heterocycles. The van der Waals surface area contributed by atoms with E-state index in [0.717, 1.165) is 47.2 Å². The van der Waals surface area contributed by atoms with Crippen LogP contribution in [0.3, 0.4) is 0 Å². The minimum Gasteiger partial charge on any atom is -0.496 e. The van der Waals surface area contributed by atoms with E-state index in [1.165, 1.54) is 0 Å². The standard InChI is InChI=1S/C16H21BrO2/c1-10-4-6-12(7-5-10)16(18)13-9-14(17)11(2)8-15(13)19-3/h8-10,12H,4-7H2,1-3H3. The summed E-state index contributed by atoms with van der Waals surface area (Å²) in [7, 11) is 1.63. The van der Waals surface area contributed by atoms with E-state index in [1.807, 2.05) is 19.1 Å². The number of carbonyl (C=O) groups is 1. The summed E-state index contributed by atoms with van der Waals surface area (Å²) in [4.78, 5) is 12.6. The second-order valence-corrected chi connectivity index (χ2v) is 6.48. The summed E-state index contributed by atoms with van der Waals surface area (Å²) in [5.74, 6) is 1.86. The molecule has 0 spiro atoms. The van der Waals surface area contributed by atoms with Crippen molar-refractivity contribution in [3.8, 4) is 5.75 Å². The van der Waals surface area contributed by atoms with E-state index in [0.29, 0.717) is 5.75 Å². The van der Waals surface area contributed by atoms with Gasteiger partial charge in [0.1, 0.15) is 5.75 Å². The fourth-order valence-corrected chi connectivity index (χ4v) is 3.10. The molecule has 19 heavy (non-hydrogen) atoms. The van der Waals surface area contributed by atoms with Crippen LogP contribution in [0.5, 0.6) is 5.75 Å². The van der Waals surface area contributed by atoms with Gasteiger partial charge in [-0.25, -0.2) is 0 Å². The van der Waals surface area contributed by atoms with Gasteiger partial charge >= 0.3 is 0 Å². The largest absolute Gasteiger partial charge is 0.496 e. The van der Waals surface area contributed by atoms with Crippen molar-refractivity contribution in [1.82, 2.24) is 0 Å². The topological polar surface area (TPSA) is 26.3 Å². The zero-order chi connectivity index (χ0) is 14.0. The molecule has 2 rings (SSSR count). The number of rotatable bonds is 3. The molecule has 104 valence electrons. The molecule has 0 unspecified atom stereocenters. The van der Waals surface area contributed by atoms with Crippen LogP contribution in [0.4, 0.5) is 0 Å². The number of methoxy groups -OCH3 is 1. The fraction of sp³-hybridized carbons (Fsp3) is 0.562. The number of Topliss-reactive ketones (excluding diaryl/α,β-unsaturated/α-hetero) is 1. The maximum Gasteiger partial charge on any atom is 0.169 e. The van der Waals surface area contributed by atoms with Gasteiger partial charge in [0.2, 0.25) is 0 Å². The lowest BCUT2D eigenvalue weighted by molar-refractivity contribution is 0.0872. The molecule has 0 N–H and O–H groups in total. The molecule has 0 heterocycles. The average Bonchev–Trinajstić information content (AvgIpc) is 2.41. The molecule has 1 saturated carbocycles. The van der Waals surface area contributed by atoms with E-state index in [1.54, 1.807) is 7.11 Å². The van der Waals surface area contributed by atoms with Crippen LogP contribution in [0, 0.1) is 18.8 Å². The highest BCUT2D eigenvalue weighted by Crippen LogP contribution is 2.34. The molecule has 0 saturated heterocycles. The third kappa shape index (κ3) is 3.19. The van der Waals surface area contributed by atoms with Crippen LogP contribution in [0.2, 0.25) is 0 Å². The summed E-state index contributed by atoms with van der Waals surface area (Å²) >= 11 is 3.50. The van der Waals surface area contributed by atoms with Crippen LogP contribution >= 0.6 is 15.9 Å². The van der Waals surface area contributed by atoms with Crippen LogP contribution < -0.4 is 4.74 Å². The quantitative estimate of drug-likeness (QED) is 0.748. The van der Waals surface area contributed by atoms with Gasteiger partial charge < -0.3 is 4.74 Å². The lowest BCUT2D eigenvalue weighted by Crippen LogP contribution is -2.21. The Kier molecular flexibility index (Phi) is 4.67.